The lowest BCUT2D eigenvalue weighted by molar-refractivity contribution is 0.0724. The molecule has 1 amide bonds. The van der Waals surface area contributed by atoms with E-state index in [0.717, 1.165) is 41.8 Å². The number of amides is 1. The van der Waals surface area contributed by atoms with Crippen LogP contribution in [0.3, 0.4) is 0 Å². The lowest BCUT2D eigenvalue weighted by Crippen LogP contribution is -2.35. The molecule has 0 spiro atoms. The number of nitrogens with zero attached hydrogens (tertiary/aromatic N) is 3. The van der Waals surface area contributed by atoms with E-state index in [1.165, 1.54) is 11.1 Å². The summed E-state index contributed by atoms with van der Waals surface area (Å²) < 4.78 is 2.45. The predicted octanol–water partition coefficient (Wildman–Crippen LogP) is 4.61. The molecule has 2 heterocycles. The summed E-state index contributed by atoms with van der Waals surface area (Å²) in [7, 11) is 0. The Morgan fingerprint density at radius 3 is 2.37 bits per heavy atom. The third-order valence-corrected chi connectivity index (χ3v) is 5.83. The molecule has 4 rings (SSSR count). The van der Waals surface area contributed by atoms with E-state index in [2.05, 4.69) is 26.0 Å². The molecule has 0 unspecified atom stereocenters. The fourth-order valence-electron chi connectivity index (χ4n) is 3.59. The van der Waals surface area contributed by atoms with Crippen molar-refractivity contribution in [3.8, 4) is 5.69 Å². The van der Waals surface area contributed by atoms with Gasteiger partial charge in [0.05, 0.1) is 16.9 Å². The molecule has 2 aromatic carbocycles. The zero-order valence-electron chi connectivity index (χ0n) is 16.8. The Morgan fingerprint density at radius 2 is 1.70 bits per heavy atom. The molecular weight excluding hydrogens is 444 g/mol. The molecule has 7 heteroatoms. The number of benzene rings is 2. The first-order valence-electron chi connectivity index (χ1n) is 10.0. The maximum absolute atomic E-state index is 12.8. The van der Waals surface area contributed by atoms with Crippen LogP contribution in [0.1, 0.15) is 40.9 Å². The molecule has 1 N–H and O–H groups in total. The van der Waals surface area contributed by atoms with Crippen molar-refractivity contribution in [2.75, 3.05) is 13.1 Å². The average Bonchev–Trinajstić information content (AvgIpc) is 3.06. The highest BCUT2D eigenvalue weighted by Crippen LogP contribution is 2.18. The first-order valence-corrected chi connectivity index (χ1v) is 10.8. The highest BCUT2D eigenvalue weighted by molar-refractivity contribution is 9.10. The van der Waals surface area contributed by atoms with E-state index < -0.39 is 0 Å². The number of hydrogen-bond donors (Lipinski definition) is 1. The zero-order valence-corrected chi connectivity index (χ0v) is 18.4. The van der Waals surface area contributed by atoms with Gasteiger partial charge in [0.2, 0.25) is 0 Å². The van der Waals surface area contributed by atoms with Gasteiger partial charge in [-0.2, -0.15) is 0 Å². The molecule has 6 nitrogen and oxygen atoms in total. The van der Waals surface area contributed by atoms with Crippen LogP contribution in [-0.2, 0) is 0 Å². The Morgan fingerprint density at radius 1 is 1.03 bits per heavy atom. The zero-order chi connectivity index (χ0) is 21.1. The summed E-state index contributed by atoms with van der Waals surface area (Å²) in [5.74, 6) is 0.0732. The van der Waals surface area contributed by atoms with Crippen molar-refractivity contribution in [1.82, 2.24) is 14.7 Å². The van der Waals surface area contributed by atoms with E-state index in [0.29, 0.717) is 16.8 Å². The molecule has 0 aliphatic carbocycles. The summed E-state index contributed by atoms with van der Waals surface area (Å²) in [4.78, 5) is 31.7. The number of carbonyl (C=O) groups excluding carboxylic acids is 1. The van der Waals surface area contributed by atoms with Gasteiger partial charge in [-0.1, -0.05) is 15.9 Å². The maximum atomic E-state index is 12.8. The molecule has 0 atom stereocenters. The predicted molar refractivity (Wildman–Crippen MR) is 122 cm³/mol. The monoisotopic (exact) mass is 466 g/mol. The van der Waals surface area contributed by atoms with Gasteiger partial charge < -0.3 is 4.90 Å². The fraction of sp³-hybridized carbons (Fsp3) is 0.261. The molecule has 154 valence electrons. The standard InChI is InChI=1S/C23H23BrN4O2/c1-16-21(23(30)28(26-16)20-11-7-18(24)8-12-20)15-25-19-9-5-17(6-10-19)22(29)27-13-3-2-4-14-27/h5-12,15,26H,2-4,13-14H2,1H3. The van der Waals surface area contributed by atoms with Crippen molar-refractivity contribution in [2.45, 2.75) is 26.2 Å². The largest absolute Gasteiger partial charge is 0.339 e. The van der Waals surface area contributed by atoms with E-state index in [-0.39, 0.29) is 11.5 Å². The Balaban J connectivity index is 1.52. The summed E-state index contributed by atoms with van der Waals surface area (Å²) in [6.07, 6.45) is 4.91. The van der Waals surface area contributed by atoms with Gasteiger partial charge in [-0.05, 0) is 74.7 Å². The minimum absolute atomic E-state index is 0.0732. The minimum Gasteiger partial charge on any atom is -0.339 e. The van der Waals surface area contributed by atoms with Crippen molar-refractivity contribution in [3.63, 3.8) is 0 Å². The number of aromatic amines is 1. The van der Waals surface area contributed by atoms with Gasteiger partial charge in [0.15, 0.2) is 0 Å². The molecule has 1 saturated heterocycles. The smallest absolute Gasteiger partial charge is 0.280 e. The number of H-pyrrole nitrogens is 1. The SMILES string of the molecule is Cc1[nH]n(-c2ccc(Br)cc2)c(=O)c1C=Nc1ccc(C(=O)N2CCCCC2)cc1. The Bertz CT molecular complexity index is 1120. The number of halogens is 1. The quantitative estimate of drug-likeness (QED) is 0.570. The van der Waals surface area contributed by atoms with Gasteiger partial charge in [0, 0.05) is 35.0 Å². The van der Waals surface area contributed by atoms with Gasteiger partial charge in [-0.25, -0.2) is 4.68 Å². The number of rotatable bonds is 4. The Kier molecular flexibility index (Phi) is 5.99. The number of nitrogens with one attached hydrogen (secondary N) is 1. The van der Waals surface area contributed by atoms with Crippen LogP contribution in [0.4, 0.5) is 5.69 Å². The summed E-state index contributed by atoms with van der Waals surface area (Å²) in [6.45, 7) is 3.50. The molecular formula is C23H23BrN4O2. The molecule has 30 heavy (non-hydrogen) atoms. The normalized spacial score (nSPS) is 14.4. The maximum Gasteiger partial charge on any atom is 0.280 e. The number of carbonyl (C=O) groups is 1. The molecule has 1 aliphatic rings. The second kappa shape index (κ2) is 8.83. The van der Waals surface area contributed by atoms with Crippen LogP contribution in [0.25, 0.3) is 5.69 Å². The van der Waals surface area contributed by atoms with Crippen LogP contribution in [0.2, 0.25) is 0 Å². The molecule has 0 saturated carbocycles. The number of aryl methyl sites for hydroxylation is 1. The fourth-order valence-corrected chi connectivity index (χ4v) is 3.86. The number of likely N-dealkylation sites (tertiary alicyclic amines) is 1. The first-order chi connectivity index (χ1) is 14.5. The summed E-state index contributed by atoms with van der Waals surface area (Å²) in [6, 6.07) is 14.7. The van der Waals surface area contributed by atoms with Crippen LogP contribution >= 0.6 is 15.9 Å². The Hall–Kier alpha value is -2.93. The van der Waals surface area contributed by atoms with Crippen molar-refractivity contribution < 1.29 is 4.79 Å². The summed E-state index contributed by atoms with van der Waals surface area (Å²) in [5, 5.41) is 3.09. The van der Waals surface area contributed by atoms with Crippen molar-refractivity contribution in [1.29, 1.82) is 0 Å². The van der Waals surface area contributed by atoms with Gasteiger partial charge in [-0.15, -0.1) is 0 Å². The second-order valence-corrected chi connectivity index (χ2v) is 8.34. The number of aliphatic imine (C=N–C) groups is 1. The van der Waals surface area contributed by atoms with Crippen LogP contribution in [0.5, 0.6) is 0 Å². The van der Waals surface area contributed by atoms with E-state index in [9.17, 15) is 9.59 Å². The number of piperidine rings is 1. The third kappa shape index (κ3) is 4.31. The molecule has 1 aromatic heterocycles. The molecule has 1 aliphatic heterocycles. The van der Waals surface area contributed by atoms with Crippen LogP contribution < -0.4 is 5.56 Å². The Labute approximate surface area is 183 Å². The van der Waals surface area contributed by atoms with Gasteiger partial charge in [0.1, 0.15) is 0 Å². The summed E-state index contributed by atoms with van der Waals surface area (Å²) in [5.41, 5.74) is 3.21. The van der Waals surface area contributed by atoms with Crippen molar-refractivity contribution >= 4 is 33.7 Å². The van der Waals surface area contributed by atoms with Crippen molar-refractivity contribution in [3.05, 3.63) is 80.2 Å². The van der Waals surface area contributed by atoms with Crippen molar-refractivity contribution in [2.24, 2.45) is 4.99 Å². The van der Waals surface area contributed by atoms with Gasteiger partial charge >= 0.3 is 0 Å². The van der Waals surface area contributed by atoms with E-state index in [1.54, 1.807) is 18.3 Å². The number of hydrogen-bond acceptors (Lipinski definition) is 3. The highest BCUT2D eigenvalue weighted by Gasteiger charge is 2.17. The minimum atomic E-state index is -0.157. The van der Waals surface area contributed by atoms with E-state index in [1.807, 2.05) is 48.2 Å². The highest BCUT2D eigenvalue weighted by atomic mass is 79.9. The lowest BCUT2D eigenvalue weighted by Gasteiger charge is -2.26. The molecule has 3 aromatic rings. The molecule has 0 bridgehead atoms. The molecule has 0 radical (unpaired) electrons. The van der Waals surface area contributed by atoms with E-state index in [4.69, 9.17) is 0 Å². The molecule has 1 fully saturated rings. The van der Waals surface area contributed by atoms with Crippen LogP contribution in [-0.4, -0.2) is 39.9 Å². The van der Waals surface area contributed by atoms with Gasteiger partial charge in [0.25, 0.3) is 11.5 Å². The summed E-state index contributed by atoms with van der Waals surface area (Å²) >= 11 is 3.40. The van der Waals surface area contributed by atoms with E-state index >= 15 is 0 Å². The topological polar surface area (TPSA) is 70.5 Å². The lowest BCUT2D eigenvalue weighted by atomic mass is 10.1. The first kappa shape index (κ1) is 20.3. The number of aromatic nitrogens is 2. The van der Waals surface area contributed by atoms with Gasteiger partial charge in [-0.3, -0.25) is 19.7 Å². The van der Waals surface area contributed by atoms with Crippen LogP contribution in [0.15, 0.2) is 62.8 Å². The third-order valence-electron chi connectivity index (χ3n) is 5.30. The van der Waals surface area contributed by atoms with Crippen LogP contribution in [0, 0.1) is 6.92 Å². The second-order valence-electron chi connectivity index (χ2n) is 7.43. The average molecular weight is 467 g/mol.